The van der Waals surface area contributed by atoms with E-state index < -0.39 is 0 Å². The van der Waals surface area contributed by atoms with Crippen LogP contribution in [0.1, 0.15) is 60.3 Å². The van der Waals surface area contributed by atoms with Gasteiger partial charge in [-0.15, -0.1) is 0 Å². The molecule has 0 bridgehead atoms. The Morgan fingerprint density at radius 3 is 2.65 bits per heavy atom. The molecule has 3 unspecified atom stereocenters. The number of carbonyl (C=O) groups is 1. The van der Waals surface area contributed by atoms with Crippen molar-refractivity contribution in [2.24, 2.45) is 17.8 Å². The first-order valence-electron chi connectivity index (χ1n) is 7.90. The minimum Gasteiger partial charge on any atom is -0.498 e. The summed E-state index contributed by atoms with van der Waals surface area (Å²) in [5, 5.41) is 0. The summed E-state index contributed by atoms with van der Waals surface area (Å²) in [7, 11) is 0. The molecule has 0 N–H and O–H groups in total. The van der Waals surface area contributed by atoms with Crippen LogP contribution in [0.25, 0.3) is 0 Å². The summed E-state index contributed by atoms with van der Waals surface area (Å²) in [4.78, 5) is 11.4. The quantitative estimate of drug-likeness (QED) is 0.537. The third kappa shape index (κ3) is 5.56. The van der Waals surface area contributed by atoms with Gasteiger partial charge in [0.05, 0.1) is 19.3 Å². The summed E-state index contributed by atoms with van der Waals surface area (Å²) in [5.41, 5.74) is 0.934. The van der Waals surface area contributed by atoms with Crippen molar-refractivity contribution < 1.29 is 14.3 Å². The maximum absolute atomic E-state index is 11.4. The van der Waals surface area contributed by atoms with Gasteiger partial charge < -0.3 is 9.47 Å². The third-order valence-corrected chi connectivity index (χ3v) is 4.13. The fourth-order valence-corrected chi connectivity index (χ4v) is 2.96. The van der Waals surface area contributed by atoms with Crippen molar-refractivity contribution in [3.63, 3.8) is 0 Å². The van der Waals surface area contributed by atoms with E-state index in [4.69, 9.17) is 9.47 Å². The van der Waals surface area contributed by atoms with Crippen LogP contribution in [0.5, 0.6) is 0 Å². The Bertz CT molecular complexity index is 333. The molecule has 0 aromatic heterocycles. The van der Waals surface area contributed by atoms with Gasteiger partial charge in [-0.1, -0.05) is 27.2 Å². The zero-order valence-corrected chi connectivity index (χ0v) is 13.6. The lowest BCUT2D eigenvalue weighted by atomic mass is 9.75. The number of carbonyl (C=O) groups excluding carboxylic acids is 1. The van der Waals surface area contributed by atoms with E-state index in [9.17, 15) is 4.79 Å². The predicted molar refractivity (Wildman–Crippen MR) is 81.2 cm³/mol. The number of rotatable bonds is 6. The first-order valence-corrected chi connectivity index (χ1v) is 7.90. The minimum absolute atomic E-state index is 0.178. The van der Waals surface area contributed by atoms with Crippen molar-refractivity contribution in [2.75, 3.05) is 6.61 Å². The average Bonchev–Trinajstić information content (AvgIpc) is 2.36. The van der Waals surface area contributed by atoms with Crippen molar-refractivity contribution in [3.05, 3.63) is 11.8 Å². The molecule has 1 saturated carbocycles. The largest absolute Gasteiger partial charge is 0.498 e. The standard InChI is InChI=1S/C17H30O3/c1-6-19-17(18)10-14(5)11-20-16-9-13(4)7-8-15(16)12(2)3/h11-13,15-16H,6-10H2,1-5H3/b14-11-. The minimum atomic E-state index is -0.178. The first-order chi connectivity index (χ1) is 9.43. The highest BCUT2D eigenvalue weighted by Gasteiger charge is 2.31. The fourth-order valence-electron chi connectivity index (χ4n) is 2.96. The molecular formula is C17H30O3. The lowest BCUT2D eigenvalue weighted by molar-refractivity contribution is -0.142. The summed E-state index contributed by atoms with van der Waals surface area (Å²) < 4.78 is 10.9. The van der Waals surface area contributed by atoms with Crippen molar-refractivity contribution in [1.82, 2.24) is 0 Å². The van der Waals surface area contributed by atoms with Gasteiger partial charge in [0, 0.05) is 0 Å². The monoisotopic (exact) mass is 282 g/mol. The molecule has 3 atom stereocenters. The van der Waals surface area contributed by atoms with Crippen LogP contribution < -0.4 is 0 Å². The molecule has 3 nitrogen and oxygen atoms in total. The Labute approximate surface area is 123 Å². The number of esters is 1. The molecule has 0 saturated heterocycles. The lowest BCUT2D eigenvalue weighted by Gasteiger charge is -2.36. The molecule has 0 heterocycles. The van der Waals surface area contributed by atoms with Crippen LogP contribution in [-0.4, -0.2) is 18.7 Å². The molecule has 1 fully saturated rings. The van der Waals surface area contributed by atoms with Crippen LogP contribution in [-0.2, 0) is 14.3 Å². The van der Waals surface area contributed by atoms with Crippen LogP contribution in [0.3, 0.4) is 0 Å². The maximum atomic E-state index is 11.4. The van der Waals surface area contributed by atoms with E-state index in [-0.39, 0.29) is 12.1 Å². The molecule has 0 aliphatic heterocycles. The normalized spacial score (nSPS) is 27.5. The average molecular weight is 282 g/mol. The van der Waals surface area contributed by atoms with E-state index in [1.54, 1.807) is 6.26 Å². The van der Waals surface area contributed by atoms with E-state index >= 15 is 0 Å². The fraction of sp³-hybridized carbons (Fsp3) is 0.824. The van der Waals surface area contributed by atoms with E-state index in [1.807, 2.05) is 13.8 Å². The maximum Gasteiger partial charge on any atom is 0.310 e. The molecule has 0 amide bonds. The second-order valence-electron chi connectivity index (χ2n) is 6.45. The van der Waals surface area contributed by atoms with Crippen molar-refractivity contribution in [1.29, 1.82) is 0 Å². The number of ether oxygens (including phenoxy) is 2. The Kier molecular flexibility index (Phi) is 7.11. The summed E-state index contributed by atoms with van der Waals surface area (Å²) in [6.07, 6.45) is 6.04. The number of hydrogen-bond donors (Lipinski definition) is 0. The molecule has 0 aromatic rings. The summed E-state index contributed by atoms with van der Waals surface area (Å²) in [6, 6.07) is 0. The van der Waals surface area contributed by atoms with E-state index in [0.717, 1.165) is 17.9 Å². The zero-order chi connectivity index (χ0) is 15.1. The highest BCUT2D eigenvalue weighted by Crippen LogP contribution is 2.35. The van der Waals surface area contributed by atoms with Gasteiger partial charge in [0.25, 0.3) is 0 Å². The van der Waals surface area contributed by atoms with Crippen molar-refractivity contribution in [3.8, 4) is 0 Å². The van der Waals surface area contributed by atoms with Gasteiger partial charge in [-0.2, -0.15) is 0 Å². The summed E-state index contributed by atoms with van der Waals surface area (Å²) in [6.45, 7) is 11.0. The third-order valence-electron chi connectivity index (χ3n) is 4.13. The van der Waals surface area contributed by atoms with E-state index in [0.29, 0.717) is 24.9 Å². The molecule has 1 rings (SSSR count). The number of hydrogen-bond acceptors (Lipinski definition) is 3. The van der Waals surface area contributed by atoms with Gasteiger partial charge in [0.15, 0.2) is 0 Å². The topological polar surface area (TPSA) is 35.5 Å². The van der Waals surface area contributed by atoms with Gasteiger partial charge in [-0.25, -0.2) is 0 Å². The molecular weight excluding hydrogens is 252 g/mol. The van der Waals surface area contributed by atoms with Gasteiger partial charge >= 0.3 is 5.97 Å². The van der Waals surface area contributed by atoms with Gasteiger partial charge in [-0.05, 0) is 50.0 Å². The van der Waals surface area contributed by atoms with E-state index in [1.165, 1.54) is 12.8 Å². The Morgan fingerprint density at radius 1 is 1.35 bits per heavy atom. The molecule has 0 radical (unpaired) electrons. The Balaban J connectivity index is 2.53. The molecule has 1 aliphatic rings. The van der Waals surface area contributed by atoms with Crippen LogP contribution in [0.2, 0.25) is 0 Å². The lowest BCUT2D eigenvalue weighted by Crippen LogP contribution is -2.33. The second kappa shape index (κ2) is 8.33. The van der Waals surface area contributed by atoms with Crippen LogP contribution in [0.15, 0.2) is 11.8 Å². The first kappa shape index (κ1) is 17.1. The van der Waals surface area contributed by atoms with Crippen LogP contribution in [0, 0.1) is 17.8 Å². The van der Waals surface area contributed by atoms with Crippen molar-refractivity contribution >= 4 is 5.97 Å². The molecule has 0 spiro atoms. The molecule has 20 heavy (non-hydrogen) atoms. The van der Waals surface area contributed by atoms with E-state index in [2.05, 4.69) is 20.8 Å². The molecule has 116 valence electrons. The summed E-state index contributed by atoms with van der Waals surface area (Å²) >= 11 is 0. The molecule has 3 heteroatoms. The Morgan fingerprint density at radius 2 is 2.05 bits per heavy atom. The molecule has 1 aliphatic carbocycles. The van der Waals surface area contributed by atoms with Crippen molar-refractivity contribution in [2.45, 2.75) is 66.4 Å². The highest BCUT2D eigenvalue weighted by molar-refractivity contribution is 5.72. The van der Waals surface area contributed by atoms with Crippen LogP contribution in [0.4, 0.5) is 0 Å². The Hall–Kier alpha value is -0.990. The SMILES string of the molecule is CCOC(=O)C/C(C)=C\OC1CC(C)CCC1C(C)C. The zero-order valence-electron chi connectivity index (χ0n) is 13.6. The summed E-state index contributed by atoms with van der Waals surface area (Å²) in [5.74, 6) is 1.82. The predicted octanol–water partition coefficient (Wildman–Crippen LogP) is 4.32. The van der Waals surface area contributed by atoms with Gasteiger partial charge in [0.2, 0.25) is 0 Å². The highest BCUT2D eigenvalue weighted by atomic mass is 16.5. The van der Waals surface area contributed by atoms with Gasteiger partial charge in [-0.3, -0.25) is 4.79 Å². The second-order valence-corrected chi connectivity index (χ2v) is 6.45. The smallest absolute Gasteiger partial charge is 0.310 e. The van der Waals surface area contributed by atoms with Gasteiger partial charge in [0.1, 0.15) is 6.10 Å². The van der Waals surface area contributed by atoms with Crippen LogP contribution >= 0.6 is 0 Å². The molecule has 0 aromatic carbocycles.